The molecule has 0 aliphatic heterocycles. The summed E-state index contributed by atoms with van der Waals surface area (Å²) in [5, 5.41) is -0.655. The van der Waals surface area contributed by atoms with Crippen molar-refractivity contribution in [2.45, 2.75) is 25.3 Å². The highest BCUT2D eigenvalue weighted by Gasteiger charge is 2.10. The van der Waals surface area contributed by atoms with Crippen LogP contribution in [0.1, 0.15) is 19.8 Å². The molecule has 0 bridgehead atoms. The van der Waals surface area contributed by atoms with Gasteiger partial charge in [-0.05, 0) is 18.0 Å². The summed E-state index contributed by atoms with van der Waals surface area (Å²) in [6.45, 7) is 2.51. The molecule has 0 amide bonds. The van der Waals surface area contributed by atoms with E-state index in [2.05, 4.69) is 0 Å². The van der Waals surface area contributed by atoms with Crippen molar-refractivity contribution in [1.29, 1.82) is 0 Å². The molecule has 4 heteroatoms. The Bertz CT molecular complexity index is 106. The Morgan fingerprint density at radius 2 is 2.30 bits per heavy atom. The maximum atomic E-state index is 10.2. The highest BCUT2D eigenvalue weighted by atomic mass is 35.5. The van der Waals surface area contributed by atoms with Gasteiger partial charge in [0, 0.05) is 6.61 Å². The zero-order chi connectivity index (χ0) is 7.98. The first kappa shape index (κ1) is 10.2. The fourth-order valence-corrected chi connectivity index (χ4v) is 0.549. The molecule has 0 saturated heterocycles. The van der Waals surface area contributed by atoms with E-state index in [-0.39, 0.29) is 0 Å². The fourth-order valence-electron chi connectivity index (χ4n) is 0.397. The Kier molecular flexibility index (Phi) is 6.08. The summed E-state index contributed by atoms with van der Waals surface area (Å²) in [4.78, 5) is 10.2. The number of hydrogen-bond acceptors (Lipinski definition) is 2. The molecular formula is C6H10Cl2O2. The predicted octanol–water partition coefficient (Wildman–Crippen LogP) is 2.13. The van der Waals surface area contributed by atoms with Gasteiger partial charge in [0.2, 0.25) is 5.56 Å². The van der Waals surface area contributed by atoms with E-state index in [1.54, 1.807) is 0 Å². The van der Waals surface area contributed by atoms with Crippen LogP contribution < -0.4 is 0 Å². The number of carbonyl (C=O) groups is 1. The average molecular weight is 185 g/mol. The van der Waals surface area contributed by atoms with Gasteiger partial charge in [0.1, 0.15) is 0 Å². The van der Waals surface area contributed by atoms with Crippen molar-refractivity contribution in [3.05, 3.63) is 0 Å². The van der Waals surface area contributed by atoms with E-state index in [1.165, 1.54) is 0 Å². The average Bonchev–Trinajstić information content (AvgIpc) is 1.88. The van der Waals surface area contributed by atoms with E-state index in [0.717, 1.165) is 12.8 Å². The van der Waals surface area contributed by atoms with Gasteiger partial charge >= 0.3 is 0 Å². The number of ether oxygens (including phenoxy) is 1. The van der Waals surface area contributed by atoms with E-state index in [4.69, 9.17) is 27.9 Å². The van der Waals surface area contributed by atoms with Crippen LogP contribution in [0.3, 0.4) is 0 Å². The minimum absolute atomic E-state index is 0.489. The van der Waals surface area contributed by atoms with Gasteiger partial charge in [-0.3, -0.25) is 4.79 Å². The van der Waals surface area contributed by atoms with E-state index in [9.17, 15) is 4.79 Å². The lowest BCUT2D eigenvalue weighted by Crippen LogP contribution is -2.13. The number of carbonyl (C=O) groups excluding carboxylic acids is 1. The van der Waals surface area contributed by atoms with Crippen molar-refractivity contribution in [2.75, 3.05) is 6.61 Å². The van der Waals surface area contributed by atoms with Gasteiger partial charge in [-0.25, -0.2) is 0 Å². The van der Waals surface area contributed by atoms with Crippen LogP contribution in [0.2, 0.25) is 0 Å². The lowest BCUT2D eigenvalue weighted by molar-refractivity contribution is -0.118. The Balaban J connectivity index is 3.21. The number of rotatable bonds is 5. The van der Waals surface area contributed by atoms with E-state index >= 15 is 0 Å². The minimum atomic E-state index is -0.979. The summed E-state index contributed by atoms with van der Waals surface area (Å²) in [6.07, 6.45) is 1.91. The van der Waals surface area contributed by atoms with Crippen molar-refractivity contribution in [1.82, 2.24) is 0 Å². The molecule has 0 saturated carbocycles. The normalized spacial score (nSPS) is 13.1. The molecule has 0 heterocycles. The molecule has 2 nitrogen and oxygen atoms in total. The van der Waals surface area contributed by atoms with Gasteiger partial charge < -0.3 is 4.74 Å². The summed E-state index contributed by atoms with van der Waals surface area (Å²) in [5.41, 5.74) is -0.979. The smallest absolute Gasteiger partial charge is 0.265 e. The monoisotopic (exact) mass is 184 g/mol. The van der Waals surface area contributed by atoms with Crippen molar-refractivity contribution in [3.63, 3.8) is 0 Å². The number of unbranched alkanes of at least 4 members (excludes halogenated alkanes) is 1. The molecule has 60 valence electrons. The third-order valence-electron chi connectivity index (χ3n) is 0.941. The minimum Gasteiger partial charge on any atom is -0.354 e. The lowest BCUT2D eigenvalue weighted by Gasteiger charge is -2.04. The van der Waals surface area contributed by atoms with Crippen LogP contribution in [0.5, 0.6) is 0 Å². The fraction of sp³-hybridized carbons (Fsp3) is 0.833. The second kappa shape index (κ2) is 5.96. The standard InChI is InChI=1S/C6H10Cl2O2/c1-2-3-4-10-6(8)5(7)9/h6H,2-4H2,1H3. The SMILES string of the molecule is CCCCOC(Cl)C(=O)Cl. The van der Waals surface area contributed by atoms with Crippen molar-refractivity contribution in [3.8, 4) is 0 Å². The predicted molar refractivity (Wildman–Crippen MR) is 41.4 cm³/mol. The summed E-state index contributed by atoms with van der Waals surface area (Å²) in [7, 11) is 0. The highest BCUT2D eigenvalue weighted by Crippen LogP contribution is 2.03. The van der Waals surface area contributed by atoms with E-state index in [1.807, 2.05) is 6.92 Å². The number of halogens is 2. The van der Waals surface area contributed by atoms with Gasteiger partial charge in [0.25, 0.3) is 5.24 Å². The third-order valence-corrected chi connectivity index (χ3v) is 1.57. The van der Waals surface area contributed by atoms with Crippen LogP contribution >= 0.6 is 23.2 Å². The Hall–Kier alpha value is 0.210. The molecule has 0 radical (unpaired) electrons. The Morgan fingerprint density at radius 1 is 1.70 bits per heavy atom. The topological polar surface area (TPSA) is 26.3 Å². The molecule has 1 atom stereocenters. The molecular weight excluding hydrogens is 175 g/mol. The van der Waals surface area contributed by atoms with E-state index < -0.39 is 10.8 Å². The molecule has 0 aliphatic carbocycles. The maximum absolute atomic E-state index is 10.2. The van der Waals surface area contributed by atoms with Crippen LogP contribution in [0.4, 0.5) is 0 Å². The van der Waals surface area contributed by atoms with Crippen molar-refractivity contribution >= 4 is 28.4 Å². The summed E-state index contributed by atoms with van der Waals surface area (Å²) in [5.74, 6) is 0. The van der Waals surface area contributed by atoms with E-state index in [0.29, 0.717) is 6.61 Å². The molecule has 10 heavy (non-hydrogen) atoms. The zero-order valence-corrected chi connectivity index (χ0v) is 7.28. The zero-order valence-electron chi connectivity index (χ0n) is 5.77. The van der Waals surface area contributed by atoms with Crippen LogP contribution in [0.15, 0.2) is 0 Å². The summed E-state index contributed by atoms with van der Waals surface area (Å²) >= 11 is 10.4. The van der Waals surface area contributed by atoms with Crippen LogP contribution in [0.25, 0.3) is 0 Å². The molecule has 0 aromatic heterocycles. The molecule has 0 fully saturated rings. The third kappa shape index (κ3) is 5.03. The first-order valence-corrected chi connectivity index (χ1v) is 3.95. The Morgan fingerprint density at radius 3 is 2.70 bits per heavy atom. The summed E-state index contributed by atoms with van der Waals surface area (Å²) in [6, 6.07) is 0. The number of alkyl halides is 1. The molecule has 0 aromatic carbocycles. The van der Waals surface area contributed by atoms with Gasteiger partial charge in [-0.2, -0.15) is 0 Å². The quantitative estimate of drug-likeness (QED) is 0.372. The van der Waals surface area contributed by atoms with Crippen molar-refractivity contribution in [2.24, 2.45) is 0 Å². The first-order valence-electron chi connectivity index (χ1n) is 3.13. The van der Waals surface area contributed by atoms with Gasteiger partial charge in [0.15, 0.2) is 0 Å². The summed E-state index contributed by atoms with van der Waals surface area (Å²) < 4.78 is 4.83. The maximum Gasteiger partial charge on any atom is 0.265 e. The highest BCUT2D eigenvalue weighted by molar-refractivity contribution is 6.68. The number of hydrogen-bond donors (Lipinski definition) is 0. The molecule has 0 N–H and O–H groups in total. The van der Waals surface area contributed by atoms with Crippen LogP contribution in [-0.4, -0.2) is 17.4 Å². The molecule has 1 unspecified atom stereocenters. The molecule has 0 aliphatic rings. The Labute approximate surface area is 70.4 Å². The van der Waals surface area contributed by atoms with Crippen LogP contribution in [-0.2, 0) is 9.53 Å². The molecule has 0 aromatic rings. The molecule has 0 rings (SSSR count). The second-order valence-corrected chi connectivity index (χ2v) is 2.61. The van der Waals surface area contributed by atoms with Gasteiger partial charge in [-0.15, -0.1) is 0 Å². The largest absolute Gasteiger partial charge is 0.354 e. The van der Waals surface area contributed by atoms with Crippen molar-refractivity contribution < 1.29 is 9.53 Å². The second-order valence-electron chi connectivity index (χ2n) is 1.84. The van der Waals surface area contributed by atoms with Crippen LogP contribution in [0, 0.1) is 0 Å². The van der Waals surface area contributed by atoms with Gasteiger partial charge in [-0.1, -0.05) is 24.9 Å². The lowest BCUT2D eigenvalue weighted by atomic mass is 10.4. The molecule has 0 spiro atoms. The van der Waals surface area contributed by atoms with Gasteiger partial charge in [0.05, 0.1) is 0 Å². The first-order chi connectivity index (χ1) is 4.68.